The standard InChI is InChI=1S/C43H60FNO15S/c44-26-12-9-23(10-13-26)32(49)16-15-31-37(45(42(31)54)27-6-2-1-3-7-27)30-14-11-25(24-5-4-8-28(48)17-24)18-34(30)60-61(55,56)22-29-19-33(50)41(36(21-47)57-29)59-43-40(53)39(52)38(51)35(20-46)58-43/h1-3,6-7,9-10,12-13,24-25,28-41,43,46-53H,4-5,8,11,14-22H2/t24?,25?,28-,29+,30?,31+,32-,33+,34?,35+,36+,37?,38+,39-,40+,41?,43-/m0/s1. The molecule has 3 saturated heterocycles. The summed E-state index contributed by atoms with van der Waals surface area (Å²) in [5.41, 5.74) is 1.16. The Bertz CT molecular complexity index is 1840. The van der Waals surface area contributed by atoms with E-state index in [0.29, 0.717) is 36.9 Å². The van der Waals surface area contributed by atoms with Crippen LogP contribution in [0.1, 0.15) is 75.9 Å². The molecule has 0 bridgehead atoms. The lowest BCUT2D eigenvalue weighted by Gasteiger charge is -2.54. The van der Waals surface area contributed by atoms with Gasteiger partial charge in [-0.05, 0) is 93.0 Å². The van der Waals surface area contributed by atoms with Crippen LogP contribution in [0.5, 0.6) is 0 Å². The minimum absolute atomic E-state index is 0.0398. The van der Waals surface area contributed by atoms with E-state index in [-0.39, 0.29) is 37.0 Å². The molecule has 3 heterocycles. The minimum Gasteiger partial charge on any atom is -0.394 e. The summed E-state index contributed by atoms with van der Waals surface area (Å²) in [6.07, 6.45) is -10.9. The van der Waals surface area contributed by atoms with Gasteiger partial charge in [-0.1, -0.05) is 36.8 Å². The molecule has 16 nitrogen and oxygen atoms in total. The molecule has 5 fully saturated rings. The lowest BCUT2D eigenvalue weighted by atomic mass is 9.64. The quantitative estimate of drug-likeness (QED) is 0.0920. The highest BCUT2D eigenvalue weighted by Crippen LogP contribution is 2.49. The SMILES string of the molecule is O=C1[C@H](CC[C@H](O)c2ccc(F)cc2)C(C2CCC(C3CCC[C@H](O)C3)CC2OS(=O)(=O)C[C@H]2C[C@@H](O)C(O[C@@H]3O[C@H](CO)[C@@H](O)[C@H](O)[C@H]3O)[C@@H](CO)O2)N1c1ccccc1. The zero-order chi connectivity index (χ0) is 43.6. The number of ether oxygens (including phenoxy) is 3. The molecule has 18 heteroatoms. The molecule has 3 aliphatic heterocycles. The van der Waals surface area contributed by atoms with Crippen LogP contribution in [0.3, 0.4) is 0 Å². The Balaban J connectivity index is 1.09. The topological polar surface area (TPSA) is 253 Å². The first-order valence-electron chi connectivity index (χ1n) is 21.5. The zero-order valence-electron chi connectivity index (χ0n) is 33.9. The molecule has 2 aromatic carbocycles. The summed E-state index contributed by atoms with van der Waals surface area (Å²) in [6, 6.07) is 14.1. The molecular formula is C43H60FNO15S. The third-order valence-corrected chi connectivity index (χ3v) is 14.9. The summed E-state index contributed by atoms with van der Waals surface area (Å²) >= 11 is 0. The number of rotatable bonds is 15. The van der Waals surface area contributed by atoms with E-state index >= 15 is 0 Å². The number of β-lactam (4-membered cyclic amide) rings is 1. The number of aliphatic hydroxyl groups is 8. The van der Waals surface area contributed by atoms with Gasteiger partial charge in [0, 0.05) is 18.0 Å². The summed E-state index contributed by atoms with van der Waals surface area (Å²) in [5, 5.41) is 83.5. The molecule has 1 amide bonds. The molecule has 0 aromatic heterocycles. The Hall–Kier alpha value is -2.69. The summed E-state index contributed by atoms with van der Waals surface area (Å²) in [7, 11) is -4.44. The maximum Gasteiger partial charge on any atom is 0.270 e. The molecule has 340 valence electrons. The van der Waals surface area contributed by atoms with Gasteiger partial charge in [0.2, 0.25) is 5.91 Å². The smallest absolute Gasteiger partial charge is 0.270 e. The second-order valence-corrected chi connectivity index (χ2v) is 19.2. The maximum absolute atomic E-state index is 14.2. The van der Waals surface area contributed by atoms with E-state index in [9.17, 15) is 58.5 Å². The molecule has 2 saturated carbocycles. The van der Waals surface area contributed by atoms with Crippen molar-refractivity contribution < 1.29 is 76.8 Å². The van der Waals surface area contributed by atoms with Crippen molar-refractivity contribution in [3.05, 3.63) is 66.0 Å². The predicted octanol–water partition coefficient (Wildman–Crippen LogP) is 1.05. The Morgan fingerprint density at radius 3 is 2.21 bits per heavy atom. The number of halogens is 1. The van der Waals surface area contributed by atoms with Crippen LogP contribution in [-0.4, -0.2) is 148 Å². The number of carbonyl (C=O) groups is 1. The van der Waals surface area contributed by atoms with E-state index < -0.39 is 126 Å². The monoisotopic (exact) mass is 881 g/mol. The molecule has 61 heavy (non-hydrogen) atoms. The van der Waals surface area contributed by atoms with Gasteiger partial charge >= 0.3 is 0 Å². The average Bonchev–Trinajstić information content (AvgIpc) is 3.24. The molecule has 17 atom stereocenters. The van der Waals surface area contributed by atoms with Crippen LogP contribution in [0.15, 0.2) is 54.6 Å². The van der Waals surface area contributed by atoms with Crippen LogP contribution < -0.4 is 4.90 Å². The van der Waals surface area contributed by atoms with Gasteiger partial charge < -0.3 is 60.0 Å². The van der Waals surface area contributed by atoms with Crippen LogP contribution in [0.2, 0.25) is 0 Å². The van der Waals surface area contributed by atoms with E-state index in [4.69, 9.17) is 18.4 Å². The normalized spacial score (nSPS) is 39.1. The lowest BCUT2D eigenvalue weighted by molar-refractivity contribution is -0.333. The molecule has 2 aromatic rings. The van der Waals surface area contributed by atoms with Gasteiger partial charge in [-0.15, -0.1) is 0 Å². The predicted molar refractivity (Wildman–Crippen MR) is 214 cm³/mol. The third-order valence-electron chi connectivity index (χ3n) is 13.6. The summed E-state index contributed by atoms with van der Waals surface area (Å²) in [6.45, 7) is -1.45. The van der Waals surface area contributed by atoms with Crippen LogP contribution in [0.4, 0.5) is 10.1 Å². The fourth-order valence-corrected chi connectivity index (χ4v) is 11.8. The molecular weight excluding hydrogens is 822 g/mol. The largest absolute Gasteiger partial charge is 0.394 e. The van der Waals surface area contributed by atoms with E-state index in [0.717, 1.165) is 19.3 Å². The van der Waals surface area contributed by atoms with Gasteiger partial charge in [-0.25, -0.2) is 4.39 Å². The number of carbonyl (C=O) groups excluding carboxylic acids is 1. The van der Waals surface area contributed by atoms with Crippen molar-refractivity contribution in [2.24, 2.45) is 23.7 Å². The van der Waals surface area contributed by atoms with E-state index in [1.807, 2.05) is 30.3 Å². The Morgan fingerprint density at radius 2 is 1.52 bits per heavy atom. The number of amides is 1. The zero-order valence-corrected chi connectivity index (χ0v) is 34.7. The number of aliphatic hydroxyl groups excluding tert-OH is 8. The van der Waals surface area contributed by atoms with Crippen molar-refractivity contribution in [2.45, 2.75) is 144 Å². The first kappa shape index (κ1) is 46.3. The van der Waals surface area contributed by atoms with Crippen molar-refractivity contribution in [2.75, 3.05) is 23.9 Å². The van der Waals surface area contributed by atoms with Gasteiger partial charge in [0.1, 0.15) is 48.2 Å². The number of hydrogen-bond acceptors (Lipinski definition) is 15. The van der Waals surface area contributed by atoms with Gasteiger partial charge in [-0.3, -0.25) is 8.98 Å². The molecule has 2 aliphatic carbocycles. The highest BCUT2D eigenvalue weighted by molar-refractivity contribution is 7.86. The van der Waals surface area contributed by atoms with Crippen molar-refractivity contribution in [1.82, 2.24) is 0 Å². The molecule has 0 radical (unpaired) electrons. The number of benzene rings is 2. The molecule has 0 spiro atoms. The summed E-state index contributed by atoms with van der Waals surface area (Å²) in [4.78, 5) is 15.7. The third kappa shape index (κ3) is 10.5. The highest BCUT2D eigenvalue weighted by atomic mass is 32.2. The van der Waals surface area contributed by atoms with Gasteiger partial charge in [-0.2, -0.15) is 8.42 Å². The van der Waals surface area contributed by atoms with Crippen LogP contribution in [0.25, 0.3) is 0 Å². The Morgan fingerprint density at radius 1 is 0.820 bits per heavy atom. The lowest BCUT2D eigenvalue weighted by Crippen LogP contribution is -2.66. The van der Waals surface area contributed by atoms with E-state index in [2.05, 4.69) is 0 Å². The van der Waals surface area contributed by atoms with Crippen molar-refractivity contribution in [1.29, 1.82) is 0 Å². The Labute approximate surface area is 355 Å². The second kappa shape index (κ2) is 20.0. The van der Waals surface area contributed by atoms with Crippen molar-refractivity contribution in [3.8, 4) is 0 Å². The molecule has 8 N–H and O–H groups in total. The number of nitrogens with zero attached hydrogens (tertiary/aromatic N) is 1. The van der Waals surface area contributed by atoms with E-state index in [1.54, 1.807) is 4.90 Å². The van der Waals surface area contributed by atoms with Crippen LogP contribution in [-0.2, 0) is 33.3 Å². The maximum atomic E-state index is 14.2. The van der Waals surface area contributed by atoms with Crippen molar-refractivity contribution >= 4 is 21.7 Å². The van der Waals surface area contributed by atoms with Gasteiger partial charge in [0.05, 0.1) is 55.7 Å². The van der Waals surface area contributed by atoms with Crippen LogP contribution >= 0.6 is 0 Å². The summed E-state index contributed by atoms with van der Waals surface area (Å²) in [5.74, 6) is -2.15. The summed E-state index contributed by atoms with van der Waals surface area (Å²) < 4.78 is 65.2. The first-order valence-corrected chi connectivity index (χ1v) is 23.1. The molecule has 6 unspecified atom stereocenters. The molecule has 5 aliphatic rings. The average molecular weight is 882 g/mol. The number of para-hydroxylation sites is 1. The number of anilines is 1. The van der Waals surface area contributed by atoms with E-state index in [1.165, 1.54) is 24.3 Å². The fraction of sp³-hybridized carbons (Fsp3) is 0.698. The minimum atomic E-state index is -4.44. The number of hydrogen-bond donors (Lipinski definition) is 8. The van der Waals surface area contributed by atoms with Gasteiger partial charge in [0.25, 0.3) is 10.1 Å². The highest BCUT2D eigenvalue weighted by Gasteiger charge is 2.56. The fourth-order valence-electron chi connectivity index (χ4n) is 10.4. The first-order chi connectivity index (χ1) is 29.2. The Kier molecular flexibility index (Phi) is 15.2. The van der Waals surface area contributed by atoms with Gasteiger partial charge in [0.15, 0.2) is 6.29 Å². The van der Waals surface area contributed by atoms with Crippen molar-refractivity contribution in [3.63, 3.8) is 0 Å². The molecule has 7 rings (SSSR count). The van der Waals surface area contributed by atoms with Crippen LogP contribution in [0, 0.1) is 29.5 Å². The second-order valence-electron chi connectivity index (χ2n) is 17.5.